The molecule has 1 amide bonds. The van der Waals surface area contributed by atoms with Crippen molar-refractivity contribution in [2.75, 3.05) is 0 Å². The smallest absolute Gasteiger partial charge is 0.326 e. The van der Waals surface area contributed by atoms with E-state index in [0.717, 1.165) is 4.88 Å². The maximum Gasteiger partial charge on any atom is 0.326 e. The lowest BCUT2D eigenvalue weighted by Gasteiger charge is -2.19. The van der Waals surface area contributed by atoms with Gasteiger partial charge < -0.3 is 10.4 Å². The van der Waals surface area contributed by atoms with E-state index in [9.17, 15) is 9.59 Å². The molecule has 2 atom stereocenters. The Morgan fingerprint density at radius 1 is 1.53 bits per heavy atom. The van der Waals surface area contributed by atoms with Gasteiger partial charge in [0.05, 0.1) is 4.34 Å². The molecule has 1 unspecified atom stereocenters. The molecule has 1 aromatic rings. The monoisotopic (exact) mass is 301 g/mol. The number of carboxylic acid groups (broad SMARTS) is 1. The molecule has 0 fully saturated rings. The van der Waals surface area contributed by atoms with E-state index in [-0.39, 0.29) is 5.92 Å². The van der Waals surface area contributed by atoms with Gasteiger partial charge in [-0.05, 0) is 24.1 Å². The molecular weight excluding hydrogens is 286 g/mol. The van der Waals surface area contributed by atoms with Gasteiger partial charge in [0, 0.05) is 11.0 Å². The highest BCUT2D eigenvalue weighted by molar-refractivity contribution is 7.17. The molecule has 0 aliphatic heterocycles. The second kappa shape index (κ2) is 7.31. The van der Waals surface area contributed by atoms with E-state index in [4.69, 9.17) is 16.7 Å². The van der Waals surface area contributed by atoms with Crippen LogP contribution in [0.25, 0.3) is 6.08 Å². The highest BCUT2D eigenvalue weighted by Gasteiger charge is 2.24. The summed E-state index contributed by atoms with van der Waals surface area (Å²) in [5, 5.41) is 11.5. The third kappa shape index (κ3) is 5.04. The Hall–Kier alpha value is -1.33. The number of nitrogens with one attached hydrogen (secondary N) is 1. The zero-order chi connectivity index (χ0) is 14.4. The summed E-state index contributed by atoms with van der Waals surface area (Å²) in [6, 6.07) is 2.66. The maximum atomic E-state index is 11.7. The Labute approximate surface area is 121 Å². The van der Waals surface area contributed by atoms with Gasteiger partial charge in [0.2, 0.25) is 5.91 Å². The van der Waals surface area contributed by atoms with Crippen LogP contribution in [0.4, 0.5) is 0 Å². The van der Waals surface area contributed by atoms with Gasteiger partial charge in [0.1, 0.15) is 6.04 Å². The van der Waals surface area contributed by atoms with Crippen LogP contribution in [0.2, 0.25) is 4.34 Å². The average molecular weight is 302 g/mol. The van der Waals surface area contributed by atoms with Crippen molar-refractivity contribution in [1.82, 2.24) is 5.32 Å². The lowest BCUT2D eigenvalue weighted by molar-refractivity contribution is -0.142. The fourth-order valence-electron chi connectivity index (χ4n) is 1.46. The number of halogens is 1. The molecule has 0 saturated carbocycles. The van der Waals surface area contributed by atoms with Gasteiger partial charge in [0.25, 0.3) is 0 Å². The van der Waals surface area contributed by atoms with Crippen LogP contribution in [0.3, 0.4) is 0 Å². The molecule has 0 aromatic carbocycles. The molecular formula is C13H16ClNO3S. The van der Waals surface area contributed by atoms with Gasteiger partial charge >= 0.3 is 5.97 Å². The second-order valence-corrected chi connectivity index (χ2v) is 5.93. The molecule has 0 saturated heterocycles. The zero-order valence-electron chi connectivity index (χ0n) is 10.7. The Morgan fingerprint density at radius 3 is 2.68 bits per heavy atom. The summed E-state index contributed by atoms with van der Waals surface area (Å²) in [7, 11) is 0. The van der Waals surface area contributed by atoms with Gasteiger partial charge in [0.15, 0.2) is 0 Å². The number of thiophene rings is 1. The van der Waals surface area contributed by atoms with Crippen LogP contribution in [0.5, 0.6) is 0 Å². The third-order valence-electron chi connectivity index (χ3n) is 2.77. The van der Waals surface area contributed by atoms with E-state index in [1.165, 1.54) is 17.4 Å². The number of aliphatic carboxylic acids is 1. The molecule has 0 spiro atoms. The minimum Gasteiger partial charge on any atom is -0.480 e. The first-order valence-electron chi connectivity index (χ1n) is 5.90. The molecule has 0 radical (unpaired) electrons. The molecule has 1 heterocycles. The topological polar surface area (TPSA) is 66.4 Å². The normalized spacial score (nSPS) is 14.3. The van der Waals surface area contributed by atoms with Crippen molar-refractivity contribution in [2.24, 2.45) is 5.92 Å². The van der Waals surface area contributed by atoms with Crippen molar-refractivity contribution in [3.05, 3.63) is 27.4 Å². The quantitative estimate of drug-likeness (QED) is 0.794. The number of hydrogen-bond acceptors (Lipinski definition) is 3. The van der Waals surface area contributed by atoms with Crippen LogP contribution in [-0.2, 0) is 9.59 Å². The summed E-state index contributed by atoms with van der Waals surface area (Å²) in [5.41, 5.74) is 0. The molecule has 1 aromatic heterocycles. The molecule has 6 heteroatoms. The number of carbonyl (C=O) groups excluding carboxylic acids is 1. The number of hydrogen-bond donors (Lipinski definition) is 2. The van der Waals surface area contributed by atoms with Gasteiger partial charge in [-0.3, -0.25) is 4.79 Å². The van der Waals surface area contributed by atoms with E-state index in [2.05, 4.69) is 5.32 Å². The second-order valence-electron chi connectivity index (χ2n) is 4.19. The Bertz CT molecular complexity index is 484. The van der Waals surface area contributed by atoms with Crippen LogP contribution in [0.15, 0.2) is 18.2 Å². The minimum absolute atomic E-state index is 0.119. The standard InChI is InChI=1S/C13H16ClNO3S/c1-3-8(2)12(13(17)18)15-11(16)7-5-9-4-6-10(14)19-9/h4-8,12H,3H2,1-2H3,(H,15,16)(H,17,18)/b7-5+/t8?,12-/m0/s1. The van der Waals surface area contributed by atoms with Crippen molar-refractivity contribution in [3.63, 3.8) is 0 Å². The number of carbonyl (C=O) groups is 2. The SMILES string of the molecule is CCC(C)[C@H](NC(=O)/C=C/c1ccc(Cl)s1)C(=O)O. The molecule has 19 heavy (non-hydrogen) atoms. The van der Waals surface area contributed by atoms with Gasteiger partial charge in [-0.1, -0.05) is 31.9 Å². The van der Waals surface area contributed by atoms with Crippen LogP contribution < -0.4 is 5.32 Å². The predicted molar refractivity (Wildman–Crippen MR) is 77.4 cm³/mol. The summed E-state index contributed by atoms with van der Waals surface area (Å²) in [6.07, 6.45) is 3.61. The molecule has 0 aliphatic carbocycles. The summed E-state index contributed by atoms with van der Waals surface area (Å²) in [4.78, 5) is 23.6. The fourth-order valence-corrected chi connectivity index (χ4v) is 2.42. The maximum absolute atomic E-state index is 11.7. The molecule has 1 rings (SSSR count). The summed E-state index contributed by atoms with van der Waals surface area (Å²) >= 11 is 7.12. The highest BCUT2D eigenvalue weighted by atomic mass is 35.5. The van der Waals surface area contributed by atoms with Crippen molar-refractivity contribution in [1.29, 1.82) is 0 Å². The summed E-state index contributed by atoms with van der Waals surface area (Å²) < 4.78 is 0.642. The Kier molecular flexibility index (Phi) is 6.05. The van der Waals surface area contributed by atoms with Crippen molar-refractivity contribution >= 4 is 40.9 Å². The molecule has 104 valence electrons. The molecule has 0 aliphatic rings. The lowest BCUT2D eigenvalue weighted by atomic mass is 9.99. The fraction of sp³-hybridized carbons (Fsp3) is 0.385. The first kappa shape index (κ1) is 15.7. The van der Waals surface area contributed by atoms with Gasteiger partial charge in [-0.2, -0.15) is 0 Å². The van der Waals surface area contributed by atoms with Crippen molar-refractivity contribution in [2.45, 2.75) is 26.3 Å². The first-order valence-corrected chi connectivity index (χ1v) is 7.10. The Morgan fingerprint density at radius 2 is 2.21 bits per heavy atom. The molecule has 4 nitrogen and oxygen atoms in total. The summed E-state index contributed by atoms with van der Waals surface area (Å²) in [6.45, 7) is 3.68. The van der Waals surface area contributed by atoms with Crippen LogP contribution in [-0.4, -0.2) is 23.0 Å². The van der Waals surface area contributed by atoms with Crippen molar-refractivity contribution in [3.8, 4) is 0 Å². The average Bonchev–Trinajstić information content (AvgIpc) is 2.78. The van der Waals surface area contributed by atoms with Crippen LogP contribution in [0, 0.1) is 5.92 Å². The van der Waals surface area contributed by atoms with E-state index in [1.54, 1.807) is 25.1 Å². The van der Waals surface area contributed by atoms with E-state index in [0.29, 0.717) is 10.8 Å². The van der Waals surface area contributed by atoms with Crippen LogP contribution in [0.1, 0.15) is 25.1 Å². The van der Waals surface area contributed by atoms with Crippen LogP contribution >= 0.6 is 22.9 Å². The highest BCUT2D eigenvalue weighted by Crippen LogP contribution is 2.22. The number of carboxylic acids is 1. The molecule has 2 N–H and O–H groups in total. The van der Waals surface area contributed by atoms with E-state index >= 15 is 0 Å². The third-order valence-corrected chi connectivity index (χ3v) is 3.97. The van der Waals surface area contributed by atoms with Gasteiger partial charge in [-0.15, -0.1) is 11.3 Å². The van der Waals surface area contributed by atoms with E-state index in [1.807, 2.05) is 6.92 Å². The van der Waals surface area contributed by atoms with Crippen molar-refractivity contribution < 1.29 is 14.7 Å². The zero-order valence-corrected chi connectivity index (χ0v) is 12.3. The van der Waals surface area contributed by atoms with Gasteiger partial charge in [-0.25, -0.2) is 4.79 Å². The number of rotatable bonds is 6. The lowest BCUT2D eigenvalue weighted by Crippen LogP contribution is -2.44. The number of amides is 1. The van der Waals surface area contributed by atoms with E-state index < -0.39 is 17.9 Å². The predicted octanol–water partition coefficient (Wildman–Crippen LogP) is 3.03. The first-order chi connectivity index (χ1) is 8.93. The minimum atomic E-state index is -1.02. The summed E-state index contributed by atoms with van der Waals surface area (Å²) in [5.74, 6) is -1.56. The largest absolute Gasteiger partial charge is 0.480 e. The molecule has 0 bridgehead atoms. The Balaban J connectivity index is 2.62.